The number of fused-ring (bicyclic) bond motifs is 2. The number of nitrogens with zero attached hydrogens (tertiary/aromatic N) is 2. The van der Waals surface area contributed by atoms with Crippen molar-refractivity contribution in [1.82, 2.24) is 10.2 Å². The number of methoxy groups -OCH3 is 1. The second-order valence-corrected chi connectivity index (χ2v) is 14.8. The van der Waals surface area contributed by atoms with E-state index in [0.717, 1.165) is 47.6 Å². The highest BCUT2D eigenvalue weighted by molar-refractivity contribution is 8.72. The van der Waals surface area contributed by atoms with Crippen molar-refractivity contribution >= 4 is 43.1 Å². The fourth-order valence-electron chi connectivity index (χ4n) is 5.01. The lowest BCUT2D eigenvalue weighted by Gasteiger charge is -2.46. The normalized spacial score (nSPS) is 16.3. The maximum Gasteiger partial charge on any atom is 0.359 e. The van der Waals surface area contributed by atoms with Crippen molar-refractivity contribution in [3.05, 3.63) is 142 Å². The molecule has 0 aromatic heterocycles. The molecule has 0 saturated carbocycles. The van der Waals surface area contributed by atoms with E-state index in [4.69, 9.17) is 14.2 Å². The molecule has 0 aliphatic carbocycles. The van der Waals surface area contributed by atoms with Gasteiger partial charge in [0.2, 0.25) is 14.8 Å². The fraction of sp³-hybridized carbons (Fsp3) is 0.171. The number of hydrogen-bond acceptors (Lipinski definition) is 11. The predicted molar refractivity (Wildman–Crippen MR) is 183 cm³/mol. The number of likely N-dealkylation sites (tertiary alicyclic amines) is 1. The van der Waals surface area contributed by atoms with Gasteiger partial charge in [0.25, 0.3) is 11.6 Å². The van der Waals surface area contributed by atoms with E-state index in [-0.39, 0.29) is 22.0 Å². The fourth-order valence-corrected chi connectivity index (χ4v) is 8.47. The standard InChI is InChI=1S/C29H27N3O9S2.C6H4O/c1-18(40-3)25(29(35)41-26(20-10-6-4-7-11-20)21-12-8-5-9-13-21)31-27(34)24(30-19(2)33)28(31)42-43(38,39)23-16-14-22(15-17-23)32(36)37;1-2-5-4-6(3-1)7-5/h4-17,24,26,28H,1-3H3,(H,30,33);1-4H. The summed E-state index contributed by atoms with van der Waals surface area (Å²) in [6.45, 7) is 2.58. The number of non-ortho nitro benzene ring substituents is 1. The summed E-state index contributed by atoms with van der Waals surface area (Å²) in [4.78, 5) is 50.1. The summed E-state index contributed by atoms with van der Waals surface area (Å²) in [7, 11) is -2.68. The molecule has 3 heterocycles. The van der Waals surface area contributed by atoms with Crippen molar-refractivity contribution in [3.8, 4) is 11.5 Å². The Balaban J connectivity index is 0.000000608. The summed E-state index contributed by atoms with van der Waals surface area (Å²) in [6.07, 6.45) is -0.882. The molecule has 2 atom stereocenters. The molecule has 1 N–H and O–H groups in total. The van der Waals surface area contributed by atoms with Crippen LogP contribution in [0.5, 0.6) is 11.5 Å². The number of amides is 2. The van der Waals surface area contributed by atoms with Crippen LogP contribution >= 0.6 is 10.8 Å². The Morgan fingerprint density at radius 1 is 0.900 bits per heavy atom. The largest absolute Gasteiger partial charge is 0.499 e. The first-order valence-electron chi connectivity index (χ1n) is 15.0. The highest BCUT2D eigenvalue weighted by Crippen LogP contribution is 2.41. The lowest BCUT2D eigenvalue weighted by molar-refractivity contribution is -0.384. The molecule has 1 saturated heterocycles. The topological polar surface area (TPSA) is 171 Å². The Labute approximate surface area is 291 Å². The summed E-state index contributed by atoms with van der Waals surface area (Å²) < 4.78 is 43.0. The van der Waals surface area contributed by atoms with Crippen LogP contribution in [0.25, 0.3) is 0 Å². The maximum absolute atomic E-state index is 13.8. The van der Waals surface area contributed by atoms with Gasteiger partial charge in [-0.05, 0) is 42.3 Å². The van der Waals surface area contributed by atoms with Gasteiger partial charge in [-0.15, -0.1) is 0 Å². The van der Waals surface area contributed by atoms with Gasteiger partial charge in [-0.1, -0.05) is 66.7 Å². The molecule has 0 radical (unpaired) electrons. The molecular formula is C35H31N3O10S2. The van der Waals surface area contributed by atoms with Crippen LogP contribution in [-0.2, 0) is 32.7 Å². The number of nitrogens with one attached hydrogen (secondary N) is 1. The van der Waals surface area contributed by atoms with Crippen molar-refractivity contribution in [1.29, 1.82) is 0 Å². The van der Waals surface area contributed by atoms with Crippen molar-refractivity contribution < 1.29 is 41.9 Å². The van der Waals surface area contributed by atoms with Crippen molar-refractivity contribution in [2.75, 3.05) is 7.11 Å². The second kappa shape index (κ2) is 15.3. The molecule has 7 rings (SSSR count). The smallest absolute Gasteiger partial charge is 0.359 e. The number of nitro groups is 1. The van der Waals surface area contributed by atoms with Crippen LogP contribution in [0.15, 0.2) is 126 Å². The molecule has 15 heteroatoms. The van der Waals surface area contributed by atoms with Gasteiger partial charge in [0.15, 0.2) is 11.8 Å². The van der Waals surface area contributed by atoms with Crippen LogP contribution in [-0.4, -0.2) is 54.6 Å². The maximum atomic E-state index is 13.8. The Morgan fingerprint density at radius 2 is 1.44 bits per heavy atom. The minimum absolute atomic E-state index is 0.0298. The zero-order valence-electron chi connectivity index (χ0n) is 26.9. The number of rotatable bonds is 11. The van der Waals surface area contributed by atoms with E-state index in [9.17, 15) is 32.9 Å². The quantitative estimate of drug-likeness (QED) is 0.0338. The highest BCUT2D eigenvalue weighted by Gasteiger charge is 2.54. The Morgan fingerprint density at radius 3 is 1.86 bits per heavy atom. The van der Waals surface area contributed by atoms with Crippen LogP contribution in [0, 0.1) is 10.1 Å². The van der Waals surface area contributed by atoms with E-state index in [0.29, 0.717) is 21.9 Å². The van der Waals surface area contributed by atoms with Gasteiger partial charge in [0, 0.05) is 35.9 Å². The second-order valence-electron chi connectivity index (χ2n) is 10.9. The van der Waals surface area contributed by atoms with E-state index < -0.39 is 49.1 Å². The first-order chi connectivity index (χ1) is 23.9. The first kappa shape index (κ1) is 35.6. The van der Waals surface area contributed by atoms with Crippen molar-refractivity contribution in [2.45, 2.75) is 36.3 Å². The van der Waals surface area contributed by atoms with E-state index in [1.807, 2.05) is 36.4 Å². The number of carbonyl (C=O) groups is 3. The number of esters is 1. The third-order valence-corrected chi connectivity index (χ3v) is 11.2. The van der Waals surface area contributed by atoms with Gasteiger partial charge in [0.05, 0.1) is 16.9 Å². The molecule has 4 aromatic rings. The molecule has 258 valence electrons. The van der Waals surface area contributed by atoms with Gasteiger partial charge < -0.3 is 19.5 Å². The third-order valence-electron chi connectivity index (χ3n) is 7.51. The number of hydrogen-bond donors (Lipinski definition) is 1. The molecular weight excluding hydrogens is 687 g/mol. The van der Waals surface area contributed by atoms with Gasteiger partial charge in [-0.2, -0.15) is 0 Å². The molecule has 2 unspecified atom stereocenters. The molecule has 2 bridgehead atoms. The number of carbonyl (C=O) groups excluding carboxylic acids is 3. The monoisotopic (exact) mass is 717 g/mol. The van der Waals surface area contributed by atoms with Gasteiger partial charge >= 0.3 is 5.97 Å². The summed E-state index contributed by atoms with van der Waals surface area (Å²) in [5.74, 6) is -0.384. The number of benzene rings is 4. The Kier molecular flexibility index (Phi) is 10.9. The zero-order chi connectivity index (χ0) is 36.0. The first-order valence-corrected chi connectivity index (χ1v) is 17.9. The van der Waals surface area contributed by atoms with Crippen LogP contribution in [0.1, 0.15) is 31.1 Å². The number of nitro benzene ring substituents is 1. The average Bonchev–Trinajstić information content (AvgIpc) is 3.11. The molecule has 2 amide bonds. The highest BCUT2D eigenvalue weighted by atomic mass is 33.1. The zero-order valence-corrected chi connectivity index (χ0v) is 28.6. The molecule has 1 fully saturated rings. The summed E-state index contributed by atoms with van der Waals surface area (Å²) >= 11 is 0. The molecule has 50 heavy (non-hydrogen) atoms. The minimum Gasteiger partial charge on any atom is -0.499 e. The molecule has 0 spiro atoms. The van der Waals surface area contributed by atoms with E-state index in [2.05, 4.69) is 5.32 Å². The Bertz CT molecular complexity index is 1980. The predicted octanol–water partition coefficient (Wildman–Crippen LogP) is 5.69. The van der Waals surface area contributed by atoms with Crippen LogP contribution in [0.4, 0.5) is 5.69 Å². The van der Waals surface area contributed by atoms with Crippen LogP contribution < -0.4 is 10.1 Å². The van der Waals surface area contributed by atoms with Crippen LogP contribution in [0.2, 0.25) is 0 Å². The van der Waals surface area contributed by atoms with Gasteiger partial charge in [-0.25, -0.2) is 13.2 Å². The summed E-state index contributed by atoms with van der Waals surface area (Å²) in [5.41, 5.74) is 0.640. The van der Waals surface area contributed by atoms with Crippen molar-refractivity contribution in [2.24, 2.45) is 0 Å². The van der Waals surface area contributed by atoms with Gasteiger partial charge in [0.1, 0.15) is 28.7 Å². The van der Waals surface area contributed by atoms with E-state index in [1.54, 1.807) is 48.5 Å². The summed E-state index contributed by atoms with van der Waals surface area (Å²) in [6, 6.07) is 28.6. The molecule has 4 aromatic carbocycles. The van der Waals surface area contributed by atoms with E-state index in [1.165, 1.54) is 14.0 Å². The van der Waals surface area contributed by atoms with Crippen LogP contribution in [0.3, 0.4) is 0 Å². The molecule has 3 aliphatic heterocycles. The van der Waals surface area contributed by atoms with E-state index >= 15 is 0 Å². The molecule has 3 aliphatic rings. The molecule has 13 nitrogen and oxygen atoms in total. The third kappa shape index (κ3) is 7.96. The lowest BCUT2D eigenvalue weighted by atomic mass is 10.0. The number of β-lactam (4-membered cyclic amide) rings is 1. The lowest BCUT2D eigenvalue weighted by Crippen LogP contribution is -2.69. The number of allylic oxidation sites excluding steroid dienone is 1. The summed E-state index contributed by atoms with van der Waals surface area (Å²) in [5, 5.41) is 12.1. The number of ether oxygens (including phenoxy) is 3. The average molecular weight is 718 g/mol. The SMILES string of the molecule is COC(C)=C(C(=O)OC(c1ccccc1)c1ccccc1)N1C(=O)C(NC(C)=O)C1SS(=O)(=O)c1ccc([N+](=O)[O-])cc1.c1cc2cc(c1)O2. The van der Waals surface area contributed by atoms with Gasteiger partial charge in [-0.3, -0.25) is 24.6 Å². The Hall–Kier alpha value is -5.67. The van der Waals surface area contributed by atoms with Crippen molar-refractivity contribution in [3.63, 3.8) is 0 Å². The minimum atomic E-state index is -4.26.